The van der Waals surface area contributed by atoms with Crippen molar-refractivity contribution in [2.24, 2.45) is 29.4 Å². The van der Waals surface area contributed by atoms with Crippen LogP contribution in [-0.2, 0) is 20.8 Å². The monoisotopic (exact) mass is 600 g/mol. The highest BCUT2D eigenvalue weighted by atomic mass is 16.3. The number of fused-ring (bicyclic) bond motifs is 4. The van der Waals surface area contributed by atoms with Crippen LogP contribution in [0, 0.1) is 23.7 Å². The Bertz CT molecular complexity index is 1710. The van der Waals surface area contributed by atoms with E-state index in [9.17, 15) is 39.6 Å². The van der Waals surface area contributed by atoms with E-state index in [0.29, 0.717) is 11.3 Å². The second-order valence-electron chi connectivity index (χ2n) is 11.9. The van der Waals surface area contributed by atoms with Crippen molar-refractivity contribution in [2.45, 2.75) is 24.5 Å². The van der Waals surface area contributed by atoms with Gasteiger partial charge in [0.2, 0.25) is 5.78 Å². The summed E-state index contributed by atoms with van der Waals surface area (Å²) in [5.74, 6) is -7.30. The predicted molar refractivity (Wildman–Crippen MR) is 159 cm³/mol. The highest BCUT2D eigenvalue weighted by Crippen LogP contribution is 2.53. The Kier molecular flexibility index (Phi) is 6.86. The molecule has 0 heterocycles. The van der Waals surface area contributed by atoms with Crippen LogP contribution < -0.4 is 16.4 Å². The number of aromatic hydroxyl groups is 1. The summed E-state index contributed by atoms with van der Waals surface area (Å²) in [7, 11) is 3.08. The minimum absolute atomic E-state index is 0.00964. The van der Waals surface area contributed by atoms with Gasteiger partial charge in [0.25, 0.3) is 5.91 Å². The number of phenols is 1. The van der Waals surface area contributed by atoms with Crippen LogP contribution in [0.3, 0.4) is 0 Å². The topological polar surface area (TPSA) is 203 Å². The Morgan fingerprint density at radius 2 is 1.73 bits per heavy atom. The van der Waals surface area contributed by atoms with Crippen molar-refractivity contribution in [1.82, 2.24) is 10.2 Å². The lowest BCUT2D eigenvalue weighted by molar-refractivity contribution is -0.153. The molecule has 1 aromatic rings. The van der Waals surface area contributed by atoms with Crippen molar-refractivity contribution in [2.75, 3.05) is 19.4 Å². The van der Waals surface area contributed by atoms with Gasteiger partial charge in [-0.15, -0.1) is 0 Å². The molecule has 5 aliphatic carbocycles. The van der Waals surface area contributed by atoms with E-state index in [4.69, 9.17) is 5.73 Å². The average molecular weight is 601 g/mol. The summed E-state index contributed by atoms with van der Waals surface area (Å²) in [5.41, 5.74) is 2.47. The minimum Gasteiger partial charge on any atom is -0.508 e. The van der Waals surface area contributed by atoms with E-state index in [0.717, 1.165) is 0 Å². The third-order valence-corrected chi connectivity index (χ3v) is 9.25. The number of carbonyl (C=O) groups is 4. The van der Waals surface area contributed by atoms with Gasteiger partial charge in [-0.3, -0.25) is 19.3 Å². The number of likely N-dealkylation sites (N-methyl/N-ethyl adjacent to an activating group) is 1. The van der Waals surface area contributed by atoms with Crippen molar-refractivity contribution in [1.29, 1.82) is 0 Å². The number of allylic oxidation sites excluding steroid dienone is 7. The molecule has 6 rings (SSSR count). The largest absolute Gasteiger partial charge is 0.508 e. The number of nitrogens with one attached hydrogen (secondary N) is 2. The first-order valence-corrected chi connectivity index (χ1v) is 14.2. The molecule has 0 radical (unpaired) electrons. The van der Waals surface area contributed by atoms with Gasteiger partial charge < -0.3 is 36.8 Å². The number of nitrogens with zero attached hydrogens (tertiary/aromatic N) is 1. The van der Waals surface area contributed by atoms with Crippen LogP contribution in [0.2, 0.25) is 0 Å². The number of hydrogen-bond donors (Lipinski definition) is 7. The first-order chi connectivity index (χ1) is 20.9. The first-order valence-electron chi connectivity index (χ1n) is 14.2. The highest BCUT2D eigenvalue weighted by molar-refractivity contribution is 6.24. The molecule has 0 bridgehead atoms. The summed E-state index contributed by atoms with van der Waals surface area (Å²) >= 11 is 0. The maximum atomic E-state index is 14.0. The summed E-state index contributed by atoms with van der Waals surface area (Å²) in [4.78, 5) is 53.7. The zero-order valence-electron chi connectivity index (χ0n) is 23.9. The Balaban J connectivity index is 1.34. The first kappa shape index (κ1) is 29.1. The molecule has 2 unspecified atom stereocenters. The van der Waals surface area contributed by atoms with E-state index >= 15 is 0 Å². The van der Waals surface area contributed by atoms with Gasteiger partial charge in [0.15, 0.2) is 11.4 Å². The predicted octanol–water partition coefficient (Wildman–Crippen LogP) is 1.90. The SMILES string of the molecule is CN(C)[C@@H]1C(=O)C(C(N)=O)=C(O)[C@@]2(O)C(=O)C3=C(O)c4c(ccc(NC(=O)NC5=CC=CC6C=CC=CC56)c4O)C[C@H]3C[C@@H]12. The number of aliphatic hydroxyl groups excluding tert-OH is 2. The van der Waals surface area contributed by atoms with Gasteiger partial charge in [-0.2, -0.15) is 0 Å². The quantitative estimate of drug-likeness (QED) is 0.199. The Morgan fingerprint density at radius 1 is 1.02 bits per heavy atom. The molecule has 0 spiro atoms. The van der Waals surface area contributed by atoms with Crippen molar-refractivity contribution in [3.8, 4) is 5.75 Å². The number of Topliss-reactive ketones (excluding diaryl/α,β-unsaturated/α-hetero) is 2. The number of urea groups is 1. The molecular weight excluding hydrogens is 568 g/mol. The van der Waals surface area contributed by atoms with E-state index in [1.165, 1.54) is 11.0 Å². The molecule has 1 fully saturated rings. The number of amides is 3. The number of aliphatic hydroxyl groups is 3. The lowest BCUT2D eigenvalue weighted by Crippen LogP contribution is -2.65. The van der Waals surface area contributed by atoms with Gasteiger partial charge in [-0.25, -0.2) is 4.79 Å². The Morgan fingerprint density at radius 3 is 2.43 bits per heavy atom. The standard InChI is InChI=1S/C32H32N4O8/c1-36(2)24-18-13-16-12-15-10-11-20(35-31(43)34-19-9-5-7-14-6-3-4-8-17(14)19)25(37)21(15)26(38)22(16)28(40)32(18,44)29(41)23(27(24)39)30(33)42/h3-11,14,16-18,24,37-38,41,44H,12-13H2,1-2H3,(H2,33,42)(H2,34,35,43)/t14?,16-,17?,18-,24-,32-/m0/s1. The fraction of sp³-hybridized carbons (Fsp3) is 0.312. The average Bonchev–Trinajstić information content (AvgIpc) is 2.96. The van der Waals surface area contributed by atoms with Gasteiger partial charge in [0, 0.05) is 29.0 Å². The minimum atomic E-state index is -2.72. The molecule has 12 heteroatoms. The number of benzene rings is 1. The number of rotatable bonds is 4. The van der Waals surface area contributed by atoms with Crippen LogP contribution in [0.4, 0.5) is 10.5 Å². The van der Waals surface area contributed by atoms with Gasteiger partial charge in [-0.1, -0.05) is 42.5 Å². The zero-order chi connectivity index (χ0) is 31.7. The molecule has 1 aromatic carbocycles. The number of nitrogens with two attached hydrogens (primary N) is 1. The molecule has 44 heavy (non-hydrogen) atoms. The summed E-state index contributed by atoms with van der Waals surface area (Å²) < 4.78 is 0. The van der Waals surface area contributed by atoms with Crippen LogP contribution in [0.5, 0.6) is 5.75 Å². The van der Waals surface area contributed by atoms with Crippen molar-refractivity contribution < 1.29 is 39.6 Å². The zero-order valence-corrected chi connectivity index (χ0v) is 23.9. The number of primary amides is 1. The number of ketones is 2. The van der Waals surface area contributed by atoms with Crippen LogP contribution in [0.15, 0.2) is 77.3 Å². The van der Waals surface area contributed by atoms with E-state index in [2.05, 4.69) is 10.6 Å². The summed E-state index contributed by atoms with van der Waals surface area (Å²) in [6, 6.07) is 1.30. The summed E-state index contributed by atoms with van der Waals surface area (Å²) in [6.45, 7) is 0. The molecule has 8 N–H and O–H groups in total. The van der Waals surface area contributed by atoms with Crippen molar-refractivity contribution >= 4 is 35.0 Å². The van der Waals surface area contributed by atoms with Crippen LogP contribution in [0.25, 0.3) is 5.76 Å². The molecule has 228 valence electrons. The third-order valence-electron chi connectivity index (χ3n) is 9.25. The normalized spacial score (nSPS) is 30.4. The molecule has 0 aromatic heterocycles. The van der Waals surface area contributed by atoms with Gasteiger partial charge in [0.05, 0.1) is 17.3 Å². The lowest BCUT2D eigenvalue weighted by atomic mass is 9.57. The van der Waals surface area contributed by atoms with E-state index in [-0.39, 0.29) is 41.5 Å². The third kappa shape index (κ3) is 4.20. The molecule has 1 saturated carbocycles. The Labute approximate surface area is 252 Å². The maximum Gasteiger partial charge on any atom is 0.323 e. The van der Waals surface area contributed by atoms with E-state index in [1.807, 2.05) is 36.5 Å². The summed E-state index contributed by atoms with van der Waals surface area (Å²) in [5, 5.41) is 50.7. The number of anilines is 1. The number of carbonyl (C=O) groups excluding carboxylic acids is 4. The van der Waals surface area contributed by atoms with Gasteiger partial charge in [0.1, 0.15) is 22.8 Å². The molecule has 5 aliphatic rings. The second-order valence-corrected chi connectivity index (χ2v) is 11.9. The molecule has 6 atom stereocenters. The molecule has 0 aliphatic heterocycles. The van der Waals surface area contributed by atoms with Crippen LogP contribution >= 0.6 is 0 Å². The van der Waals surface area contributed by atoms with Crippen molar-refractivity contribution in [3.05, 3.63) is 88.4 Å². The number of phenolic OH excluding ortho intramolecular Hbond substituents is 1. The Hall–Kier alpha value is -4.94. The fourth-order valence-corrected chi connectivity index (χ4v) is 7.25. The van der Waals surface area contributed by atoms with Crippen molar-refractivity contribution in [3.63, 3.8) is 0 Å². The van der Waals surface area contributed by atoms with E-state index < -0.39 is 69.8 Å². The molecule has 3 amide bonds. The molecular formula is C32H32N4O8. The lowest BCUT2D eigenvalue weighted by Gasteiger charge is -2.50. The van der Waals surface area contributed by atoms with Gasteiger partial charge in [-0.05, 0) is 50.6 Å². The van der Waals surface area contributed by atoms with E-state index in [1.54, 1.807) is 26.2 Å². The summed E-state index contributed by atoms with van der Waals surface area (Å²) in [6.07, 6.45) is 13.6. The fourth-order valence-electron chi connectivity index (χ4n) is 7.25. The molecule has 0 saturated heterocycles. The molecule has 12 nitrogen and oxygen atoms in total. The highest BCUT2D eigenvalue weighted by Gasteiger charge is 2.64. The smallest absolute Gasteiger partial charge is 0.323 e. The van der Waals surface area contributed by atoms with Gasteiger partial charge >= 0.3 is 6.03 Å². The number of hydrogen-bond acceptors (Lipinski definition) is 9. The second kappa shape index (κ2) is 10.4. The van der Waals surface area contributed by atoms with Crippen LogP contribution in [0.1, 0.15) is 17.5 Å². The maximum absolute atomic E-state index is 14.0. The van der Waals surface area contributed by atoms with Crippen LogP contribution in [-0.4, -0.2) is 74.6 Å².